The lowest BCUT2D eigenvalue weighted by Gasteiger charge is -2.13. The van der Waals surface area contributed by atoms with Crippen LogP contribution in [0.3, 0.4) is 0 Å². The number of hydrogen-bond donors (Lipinski definition) is 1. The molecule has 1 N–H and O–H groups in total. The third-order valence-electron chi connectivity index (χ3n) is 5.16. The fraction of sp³-hybridized carbons (Fsp3) is 0.391. The molecule has 2 aromatic rings. The molecule has 0 saturated heterocycles. The van der Waals surface area contributed by atoms with Crippen LogP contribution in [-0.4, -0.2) is 57.7 Å². The number of carbonyl (C=O) groups excluding carboxylic acids is 2. The summed E-state index contributed by atoms with van der Waals surface area (Å²) in [5.74, 6) is 1.81. The van der Waals surface area contributed by atoms with Crippen LogP contribution in [0.5, 0.6) is 17.2 Å². The van der Waals surface area contributed by atoms with Crippen LogP contribution in [-0.2, 0) is 16.0 Å². The first-order valence-corrected chi connectivity index (χ1v) is 10.4. The molecule has 3 rings (SSSR count). The number of nitrogens with zero attached hydrogens (tertiary/aromatic N) is 1. The minimum Gasteiger partial charge on any atom is -0.497 e. The minimum absolute atomic E-state index is 0.0769. The van der Waals surface area contributed by atoms with E-state index in [1.807, 2.05) is 30.3 Å². The van der Waals surface area contributed by atoms with Gasteiger partial charge in [0.15, 0.2) is 0 Å². The molecule has 0 aliphatic carbocycles. The number of rotatable bonds is 8. The van der Waals surface area contributed by atoms with Gasteiger partial charge in [-0.05, 0) is 35.9 Å². The number of methoxy groups -OCH3 is 2. The predicted octanol–water partition coefficient (Wildman–Crippen LogP) is 3.31. The second kappa shape index (κ2) is 9.92. The van der Waals surface area contributed by atoms with Gasteiger partial charge in [0.2, 0.25) is 11.8 Å². The zero-order valence-corrected chi connectivity index (χ0v) is 18.9. The summed E-state index contributed by atoms with van der Waals surface area (Å²) in [6.07, 6.45) is 0.731. The van der Waals surface area contributed by atoms with Crippen molar-refractivity contribution in [3.8, 4) is 28.4 Å². The van der Waals surface area contributed by atoms with Crippen LogP contribution in [0.15, 0.2) is 30.3 Å². The maximum absolute atomic E-state index is 12.0. The average molecular weight is 447 g/mol. The fourth-order valence-corrected chi connectivity index (χ4v) is 3.74. The standard InChI is InChI=1S/C23H27ClN2O5/c1-26(2)22(28)8-7-21(27)25-13-17-10-15-9-14(11-19(24)23(15)31-17)18-12-16(29-3)5-6-20(18)30-4/h5-6,9,11-12,17H,7-8,10,13H2,1-4H3,(H,25,27)/t17-/m1/s1. The molecule has 166 valence electrons. The molecule has 0 unspecified atom stereocenters. The monoisotopic (exact) mass is 446 g/mol. The van der Waals surface area contributed by atoms with Crippen LogP contribution in [0.4, 0.5) is 0 Å². The van der Waals surface area contributed by atoms with Crippen molar-refractivity contribution < 1.29 is 23.8 Å². The van der Waals surface area contributed by atoms with Crippen LogP contribution in [0.2, 0.25) is 5.02 Å². The van der Waals surface area contributed by atoms with Gasteiger partial charge in [-0.25, -0.2) is 0 Å². The Morgan fingerprint density at radius 1 is 1.16 bits per heavy atom. The molecule has 1 heterocycles. The number of halogens is 1. The van der Waals surface area contributed by atoms with Crippen molar-refractivity contribution in [2.24, 2.45) is 0 Å². The molecular formula is C23H27ClN2O5. The Bertz CT molecular complexity index is 977. The Balaban J connectivity index is 1.68. The van der Waals surface area contributed by atoms with E-state index in [1.54, 1.807) is 28.3 Å². The van der Waals surface area contributed by atoms with Gasteiger partial charge in [-0.2, -0.15) is 0 Å². The maximum atomic E-state index is 12.0. The summed E-state index contributed by atoms with van der Waals surface area (Å²) < 4.78 is 16.8. The van der Waals surface area contributed by atoms with Gasteiger partial charge in [0.25, 0.3) is 0 Å². The Kier molecular flexibility index (Phi) is 7.28. The van der Waals surface area contributed by atoms with E-state index in [0.717, 1.165) is 22.4 Å². The van der Waals surface area contributed by atoms with E-state index in [2.05, 4.69) is 5.32 Å². The molecule has 7 nitrogen and oxygen atoms in total. The Morgan fingerprint density at radius 2 is 1.94 bits per heavy atom. The first-order valence-electron chi connectivity index (χ1n) is 10.0. The van der Waals surface area contributed by atoms with Gasteiger partial charge in [0.05, 0.1) is 25.8 Å². The van der Waals surface area contributed by atoms with Crippen molar-refractivity contribution in [1.82, 2.24) is 10.2 Å². The highest BCUT2D eigenvalue weighted by molar-refractivity contribution is 6.32. The lowest BCUT2D eigenvalue weighted by molar-refractivity contribution is -0.131. The van der Waals surface area contributed by atoms with E-state index in [-0.39, 0.29) is 30.8 Å². The zero-order valence-electron chi connectivity index (χ0n) is 18.2. The van der Waals surface area contributed by atoms with Gasteiger partial charge in [0.1, 0.15) is 23.4 Å². The summed E-state index contributed by atoms with van der Waals surface area (Å²) in [6, 6.07) is 9.46. The van der Waals surface area contributed by atoms with Gasteiger partial charge in [-0.15, -0.1) is 0 Å². The minimum atomic E-state index is -0.219. The van der Waals surface area contributed by atoms with Gasteiger partial charge in [0, 0.05) is 44.5 Å². The van der Waals surface area contributed by atoms with E-state index >= 15 is 0 Å². The summed E-state index contributed by atoms with van der Waals surface area (Å²) in [7, 11) is 6.57. The molecule has 1 aliphatic rings. The van der Waals surface area contributed by atoms with Crippen LogP contribution < -0.4 is 19.5 Å². The Hall–Kier alpha value is -2.93. The Labute approximate surface area is 187 Å². The summed E-state index contributed by atoms with van der Waals surface area (Å²) in [6.45, 7) is 0.345. The molecule has 0 fully saturated rings. The Morgan fingerprint density at radius 3 is 2.61 bits per heavy atom. The van der Waals surface area contributed by atoms with E-state index in [0.29, 0.717) is 29.5 Å². The fourth-order valence-electron chi connectivity index (χ4n) is 3.46. The van der Waals surface area contributed by atoms with E-state index in [1.165, 1.54) is 4.90 Å². The van der Waals surface area contributed by atoms with Gasteiger partial charge in [-0.3, -0.25) is 9.59 Å². The second-order valence-corrected chi connectivity index (χ2v) is 7.96. The third-order valence-corrected chi connectivity index (χ3v) is 5.44. The number of amides is 2. The summed E-state index contributed by atoms with van der Waals surface area (Å²) >= 11 is 6.51. The highest BCUT2D eigenvalue weighted by Gasteiger charge is 2.27. The molecule has 0 radical (unpaired) electrons. The van der Waals surface area contributed by atoms with Gasteiger partial charge < -0.3 is 24.4 Å². The molecular weight excluding hydrogens is 420 g/mol. The van der Waals surface area contributed by atoms with E-state index in [4.69, 9.17) is 25.8 Å². The lowest BCUT2D eigenvalue weighted by Crippen LogP contribution is -2.35. The van der Waals surface area contributed by atoms with Crippen molar-refractivity contribution in [3.63, 3.8) is 0 Å². The molecule has 0 saturated carbocycles. The number of benzene rings is 2. The average Bonchev–Trinajstić information content (AvgIpc) is 3.19. The number of hydrogen-bond acceptors (Lipinski definition) is 5. The SMILES string of the molecule is COc1ccc(OC)c(-c2cc(Cl)c3c(c2)C[C@H](CNC(=O)CCC(=O)N(C)C)O3)c1. The molecule has 0 bridgehead atoms. The molecule has 31 heavy (non-hydrogen) atoms. The quantitative estimate of drug-likeness (QED) is 0.673. The van der Waals surface area contributed by atoms with Crippen molar-refractivity contribution in [1.29, 1.82) is 0 Å². The summed E-state index contributed by atoms with van der Waals surface area (Å²) in [5, 5.41) is 3.34. The van der Waals surface area contributed by atoms with Crippen molar-refractivity contribution >= 4 is 23.4 Å². The second-order valence-electron chi connectivity index (χ2n) is 7.55. The van der Waals surface area contributed by atoms with Crippen LogP contribution in [0.25, 0.3) is 11.1 Å². The van der Waals surface area contributed by atoms with Crippen molar-refractivity contribution in [2.75, 3.05) is 34.9 Å². The first-order chi connectivity index (χ1) is 14.8. The molecule has 8 heteroatoms. The molecule has 0 spiro atoms. The topological polar surface area (TPSA) is 77.1 Å². The summed E-state index contributed by atoms with van der Waals surface area (Å²) in [4.78, 5) is 25.1. The van der Waals surface area contributed by atoms with Crippen LogP contribution in [0.1, 0.15) is 18.4 Å². The number of nitrogens with one attached hydrogen (secondary N) is 1. The number of ether oxygens (including phenoxy) is 3. The highest BCUT2D eigenvalue weighted by Crippen LogP contribution is 2.42. The highest BCUT2D eigenvalue weighted by atomic mass is 35.5. The molecule has 0 aromatic heterocycles. The normalized spacial score (nSPS) is 14.4. The summed E-state index contributed by atoms with van der Waals surface area (Å²) in [5.41, 5.74) is 2.73. The molecule has 1 atom stereocenters. The van der Waals surface area contributed by atoms with Gasteiger partial charge >= 0.3 is 0 Å². The van der Waals surface area contributed by atoms with Crippen molar-refractivity contribution in [3.05, 3.63) is 40.9 Å². The van der Waals surface area contributed by atoms with E-state index < -0.39 is 0 Å². The number of carbonyl (C=O) groups is 2. The molecule has 2 aromatic carbocycles. The lowest BCUT2D eigenvalue weighted by atomic mass is 9.99. The predicted molar refractivity (Wildman–Crippen MR) is 119 cm³/mol. The first kappa shape index (κ1) is 22.7. The maximum Gasteiger partial charge on any atom is 0.222 e. The van der Waals surface area contributed by atoms with E-state index in [9.17, 15) is 9.59 Å². The molecule has 2 amide bonds. The zero-order chi connectivity index (χ0) is 22.5. The van der Waals surface area contributed by atoms with Crippen LogP contribution >= 0.6 is 11.6 Å². The van der Waals surface area contributed by atoms with Crippen LogP contribution in [0, 0.1) is 0 Å². The number of fused-ring (bicyclic) bond motifs is 1. The molecule has 1 aliphatic heterocycles. The van der Waals surface area contributed by atoms with Gasteiger partial charge in [-0.1, -0.05) is 11.6 Å². The van der Waals surface area contributed by atoms with Crippen molar-refractivity contribution in [2.45, 2.75) is 25.4 Å². The smallest absolute Gasteiger partial charge is 0.222 e. The largest absolute Gasteiger partial charge is 0.497 e. The third kappa shape index (κ3) is 5.41.